The second kappa shape index (κ2) is 5.28. The van der Waals surface area contributed by atoms with Crippen LogP contribution in [0.5, 0.6) is 0 Å². The van der Waals surface area contributed by atoms with Gasteiger partial charge in [-0.2, -0.15) is 0 Å². The van der Waals surface area contributed by atoms with Crippen LogP contribution in [0, 0.1) is 6.92 Å². The van der Waals surface area contributed by atoms with Crippen molar-refractivity contribution in [2.75, 3.05) is 5.32 Å². The number of imidazole rings is 1. The monoisotopic (exact) mass is 295 g/mol. The van der Waals surface area contributed by atoms with Crippen LogP contribution < -0.4 is 11.1 Å². The summed E-state index contributed by atoms with van der Waals surface area (Å²) in [7, 11) is 0. The van der Waals surface area contributed by atoms with Gasteiger partial charge in [-0.1, -0.05) is 6.07 Å². The molecule has 0 aliphatic heterocycles. The van der Waals surface area contributed by atoms with Crippen molar-refractivity contribution < 1.29 is 9.59 Å². The lowest BCUT2D eigenvalue weighted by molar-refractivity contribution is 0.1000. The molecular weight excluding hydrogens is 282 g/mol. The summed E-state index contributed by atoms with van der Waals surface area (Å²) in [5.74, 6) is -0.911. The minimum absolute atomic E-state index is 0.289. The number of aromatic amines is 1. The smallest absolute Gasteiger partial charge is 0.255 e. The van der Waals surface area contributed by atoms with Gasteiger partial charge in [-0.15, -0.1) is 0 Å². The van der Waals surface area contributed by atoms with E-state index in [1.807, 2.05) is 0 Å². The number of rotatable bonds is 3. The van der Waals surface area contributed by atoms with Gasteiger partial charge in [-0.25, -0.2) is 9.97 Å². The Morgan fingerprint density at radius 3 is 2.82 bits per heavy atom. The molecule has 0 saturated heterocycles. The number of nitrogens with zero attached hydrogens (tertiary/aromatic N) is 2. The van der Waals surface area contributed by atoms with E-state index in [-0.39, 0.29) is 11.5 Å². The standard InChI is InChI=1S/C15H13N5O2/c1-8-2-3-9(13(16)21)4-11(8)15(22)20-10-5-12-14(17-6-10)19-7-18-12/h2-7H,1H3,(H2,16,21)(H,20,22)(H,17,18,19). The van der Waals surface area contributed by atoms with Crippen LogP contribution in [0.1, 0.15) is 26.3 Å². The second-order valence-corrected chi connectivity index (χ2v) is 4.84. The maximum Gasteiger partial charge on any atom is 0.255 e. The number of benzene rings is 1. The van der Waals surface area contributed by atoms with E-state index in [0.717, 1.165) is 5.56 Å². The third-order valence-electron chi connectivity index (χ3n) is 3.30. The van der Waals surface area contributed by atoms with Crippen molar-refractivity contribution in [2.45, 2.75) is 6.92 Å². The number of aryl methyl sites for hydroxylation is 1. The lowest BCUT2D eigenvalue weighted by Crippen LogP contribution is -2.16. The van der Waals surface area contributed by atoms with Gasteiger partial charge in [0.25, 0.3) is 5.91 Å². The lowest BCUT2D eigenvalue weighted by Gasteiger charge is -2.08. The molecule has 110 valence electrons. The van der Waals surface area contributed by atoms with E-state index in [9.17, 15) is 9.59 Å². The first kappa shape index (κ1) is 13.7. The van der Waals surface area contributed by atoms with Crippen molar-refractivity contribution >= 4 is 28.7 Å². The fourth-order valence-corrected chi connectivity index (χ4v) is 2.11. The van der Waals surface area contributed by atoms with Crippen molar-refractivity contribution in [3.8, 4) is 0 Å². The van der Waals surface area contributed by atoms with Crippen LogP contribution in [0.15, 0.2) is 36.8 Å². The Balaban J connectivity index is 1.90. The number of H-pyrrole nitrogens is 1. The van der Waals surface area contributed by atoms with Crippen molar-refractivity contribution in [2.24, 2.45) is 5.73 Å². The third kappa shape index (κ3) is 2.51. The Bertz CT molecular complexity index is 885. The summed E-state index contributed by atoms with van der Waals surface area (Å²) >= 11 is 0. The molecule has 0 bridgehead atoms. The van der Waals surface area contributed by atoms with Gasteiger partial charge in [0.2, 0.25) is 5.91 Å². The Morgan fingerprint density at radius 1 is 1.23 bits per heavy atom. The summed E-state index contributed by atoms with van der Waals surface area (Å²) < 4.78 is 0. The summed E-state index contributed by atoms with van der Waals surface area (Å²) in [6.45, 7) is 1.79. The largest absolute Gasteiger partial charge is 0.366 e. The molecule has 3 aromatic rings. The minimum Gasteiger partial charge on any atom is -0.366 e. The topological polar surface area (TPSA) is 114 Å². The van der Waals surface area contributed by atoms with Crippen molar-refractivity contribution in [3.63, 3.8) is 0 Å². The molecule has 2 heterocycles. The van der Waals surface area contributed by atoms with Crippen molar-refractivity contribution in [3.05, 3.63) is 53.5 Å². The van der Waals surface area contributed by atoms with E-state index in [1.165, 1.54) is 18.6 Å². The quantitative estimate of drug-likeness (QED) is 0.681. The van der Waals surface area contributed by atoms with Gasteiger partial charge in [-0.3, -0.25) is 9.59 Å². The molecule has 0 unspecified atom stereocenters. The number of hydrogen-bond acceptors (Lipinski definition) is 4. The average Bonchev–Trinajstić information content (AvgIpc) is 2.94. The molecule has 7 nitrogen and oxygen atoms in total. The summed E-state index contributed by atoms with van der Waals surface area (Å²) in [5, 5.41) is 2.74. The zero-order valence-corrected chi connectivity index (χ0v) is 11.8. The highest BCUT2D eigenvalue weighted by Crippen LogP contribution is 2.16. The van der Waals surface area contributed by atoms with E-state index in [0.29, 0.717) is 22.4 Å². The Hall–Kier alpha value is -3.22. The molecule has 2 amide bonds. The number of hydrogen-bond donors (Lipinski definition) is 3. The molecule has 0 aliphatic carbocycles. The number of primary amides is 1. The number of nitrogens with two attached hydrogens (primary N) is 1. The van der Waals surface area contributed by atoms with E-state index < -0.39 is 5.91 Å². The van der Waals surface area contributed by atoms with Gasteiger partial charge < -0.3 is 16.0 Å². The van der Waals surface area contributed by atoms with Gasteiger partial charge in [0.05, 0.1) is 18.2 Å². The van der Waals surface area contributed by atoms with E-state index >= 15 is 0 Å². The average molecular weight is 295 g/mol. The maximum atomic E-state index is 12.4. The Labute approximate surface area is 125 Å². The number of carbonyl (C=O) groups excluding carboxylic acids is 2. The first-order valence-electron chi connectivity index (χ1n) is 6.55. The molecule has 22 heavy (non-hydrogen) atoms. The van der Waals surface area contributed by atoms with E-state index in [2.05, 4.69) is 20.3 Å². The van der Waals surface area contributed by atoms with Gasteiger partial charge in [-0.05, 0) is 30.7 Å². The van der Waals surface area contributed by atoms with Crippen LogP contribution in [0.3, 0.4) is 0 Å². The molecule has 2 aromatic heterocycles. The van der Waals surface area contributed by atoms with Gasteiger partial charge in [0.15, 0.2) is 5.65 Å². The van der Waals surface area contributed by atoms with Crippen LogP contribution in [-0.4, -0.2) is 26.8 Å². The molecule has 0 radical (unpaired) electrons. The van der Waals surface area contributed by atoms with Crippen molar-refractivity contribution in [1.82, 2.24) is 15.0 Å². The highest BCUT2D eigenvalue weighted by molar-refractivity contribution is 6.07. The zero-order chi connectivity index (χ0) is 15.7. The number of nitrogens with one attached hydrogen (secondary N) is 2. The molecule has 0 spiro atoms. The van der Waals surface area contributed by atoms with Crippen molar-refractivity contribution in [1.29, 1.82) is 0 Å². The molecule has 0 aliphatic rings. The van der Waals surface area contributed by atoms with Crippen LogP contribution >= 0.6 is 0 Å². The highest BCUT2D eigenvalue weighted by atomic mass is 16.2. The molecule has 4 N–H and O–H groups in total. The van der Waals surface area contributed by atoms with Gasteiger partial charge in [0.1, 0.15) is 5.52 Å². The second-order valence-electron chi connectivity index (χ2n) is 4.84. The first-order valence-corrected chi connectivity index (χ1v) is 6.55. The van der Waals surface area contributed by atoms with Crippen LogP contribution in [0.4, 0.5) is 5.69 Å². The number of carbonyl (C=O) groups is 2. The normalized spacial score (nSPS) is 10.6. The molecule has 0 saturated carbocycles. The molecule has 1 aromatic carbocycles. The van der Waals surface area contributed by atoms with Gasteiger partial charge in [0, 0.05) is 11.1 Å². The Kier molecular flexibility index (Phi) is 3.30. The fraction of sp³-hybridized carbons (Fsp3) is 0.0667. The summed E-state index contributed by atoms with van der Waals surface area (Å²) in [5.41, 5.74) is 8.48. The SMILES string of the molecule is Cc1ccc(C(N)=O)cc1C(=O)Nc1cnc2[nH]cnc2c1. The minimum atomic E-state index is -0.575. The number of aromatic nitrogens is 3. The number of amides is 2. The van der Waals surface area contributed by atoms with E-state index in [1.54, 1.807) is 25.1 Å². The van der Waals surface area contributed by atoms with Crippen LogP contribution in [0.2, 0.25) is 0 Å². The predicted octanol–water partition coefficient (Wildman–Crippen LogP) is 1.62. The molecule has 0 fully saturated rings. The third-order valence-corrected chi connectivity index (χ3v) is 3.30. The van der Waals surface area contributed by atoms with Crippen LogP contribution in [-0.2, 0) is 0 Å². The molecule has 7 heteroatoms. The fourth-order valence-electron chi connectivity index (χ4n) is 2.11. The van der Waals surface area contributed by atoms with Crippen LogP contribution in [0.25, 0.3) is 11.2 Å². The Morgan fingerprint density at radius 2 is 2.05 bits per heavy atom. The zero-order valence-electron chi connectivity index (χ0n) is 11.8. The molecular formula is C15H13N5O2. The molecule has 3 rings (SSSR count). The number of pyridine rings is 1. The highest BCUT2D eigenvalue weighted by Gasteiger charge is 2.13. The summed E-state index contributed by atoms with van der Waals surface area (Å²) in [6.07, 6.45) is 3.06. The predicted molar refractivity (Wildman–Crippen MR) is 81.5 cm³/mol. The number of anilines is 1. The van der Waals surface area contributed by atoms with Gasteiger partial charge >= 0.3 is 0 Å². The summed E-state index contributed by atoms with van der Waals surface area (Å²) in [6, 6.07) is 6.47. The molecule has 0 atom stereocenters. The maximum absolute atomic E-state index is 12.4. The van der Waals surface area contributed by atoms with E-state index in [4.69, 9.17) is 5.73 Å². The first-order chi connectivity index (χ1) is 10.5. The summed E-state index contributed by atoms with van der Waals surface area (Å²) in [4.78, 5) is 34.7. The number of fused-ring (bicyclic) bond motifs is 1. The lowest BCUT2D eigenvalue weighted by atomic mass is 10.0.